The van der Waals surface area contributed by atoms with Gasteiger partial charge in [-0.1, -0.05) is 12.1 Å². The van der Waals surface area contributed by atoms with E-state index in [0.29, 0.717) is 12.5 Å². The van der Waals surface area contributed by atoms with E-state index in [1.54, 1.807) is 10.9 Å². The van der Waals surface area contributed by atoms with E-state index >= 15 is 0 Å². The molecule has 0 spiro atoms. The Hall–Kier alpha value is -1.43. The van der Waals surface area contributed by atoms with Crippen LogP contribution in [0.2, 0.25) is 0 Å². The summed E-state index contributed by atoms with van der Waals surface area (Å²) in [7, 11) is 0. The quantitative estimate of drug-likeness (QED) is 0.686. The van der Waals surface area contributed by atoms with Crippen molar-refractivity contribution in [3.05, 3.63) is 12.4 Å². The third kappa shape index (κ3) is 3.26. The predicted molar refractivity (Wildman–Crippen MR) is 63.2 cm³/mol. The van der Waals surface area contributed by atoms with Crippen molar-refractivity contribution in [1.82, 2.24) is 25.6 Å². The van der Waals surface area contributed by atoms with E-state index in [9.17, 15) is 4.79 Å². The third-order valence-electron chi connectivity index (χ3n) is 3.19. The molecule has 2 unspecified atom stereocenters. The molecule has 0 bridgehead atoms. The second kappa shape index (κ2) is 5.77. The van der Waals surface area contributed by atoms with E-state index < -0.39 is 0 Å². The molecule has 1 saturated heterocycles. The van der Waals surface area contributed by atoms with Gasteiger partial charge in [-0.05, 0) is 18.9 Å². The highest BCUT2D eigenvalue weighted by Gasteiger charge is 2.28. The first kappa shape index (κ1) is 12.0. The first-order valence-corrected chi connectivity index (χ1v) is 6.10. The number of amides is 1. The van der Waals surface area contributed by atoms with E-state index in [2.05, 4.69) is 27.9 Å². The summed E-state index contributed by atoms with van der Waals surface area (Å²) < 4.78 is 1.77. The molecule has 0 aromatic carbocycles. The lowest BCUT2D eigenvalue weighted by Gasteiger charge is -2.13. The molecule has 0 radical (unpaired) electrons. The smallest absolute Gasteiger partial charge is 0.224 e. The Labute approximate surface area is 101 Å². The Morgan fingerprint density at radius 2 is 2.47 bits per heavy atom. The molecule has 17 heavy (non-hydrogen) atoms. The zero-order valence-corrected chi connectivity index (χ0v) is 10.1. The van der Waals surface area contributed by atoms with Crippen molar-refractivity contribution in [2.75, 3.05) is 19.6 Å². The number of hydrogen-bond acceptors (Lipinski definition) is 4. The van der Waals surface area contributed by atoms with Crippen LogP contribution in [-0.2, 0) is 11.3 Å². The number of hydrogen-bond donors (Lipinski definition) is 2. The van der Waals surface area contributed by atoms with Crippen LogP contribution in [0.1, 0.15) is 13.3 Å². The normalized spacial score (nSPS) is 23.8. The van der Waals surface area contributed by atoms with Gasteiger partial charge in [-0.2, -0.15) is 0 Å². The first-order valence-electron chi connectivity index (χ1n) is 6.10. The molecule has 1 aromatic rings. The molecule has 2 atom stereocenters. The minimum Gasteiger partial charge on any atom is -0.356 e. The summed E-state index contributed by atoms with van der Waals surface area (Å²) in [4.78, 5) is 11.8. The lowest BCUT2D eigenvalue weighted by molar-refractivity contribution is -0.125. The number of carbonyl (C=O) groups is 1. The van der Waals surface area contributed by atoms with Crippen molar-refractivity contribution in [2.24, 2.45) is 11.8 Å². The summed E-state index contributed by atoms with van der Waals surface area (Å²) in [6.45, 7) is 5.34. The van der Waals surface area contributed by atoms with Gasteiger partial charge >= 0.3 is 0 Å². The zero-order chi connectivity index (χ0) is 12.1. The van der Waals surface area contributed by atoms with Gasteiger partial charge in [-0.15, -0.1) is 5.10 Å². The van der Waals surface area contributed by atoms with E-state index in [1.165, 1.54) is 0 Å². The molecule has 6 heteroatoms. The molecular weight excluding hydrogens is 218 g/mol. The van der Waals surface area contributed by atoms with Crippen LogP contribution in [0.3, 0.4) is 0 Å². The van der Waals surface area contributed by atoms with Crippen LogP contribution in [0.15, 0.2) is 12.4 Å². The van der Waals surface area contributed by atoms with Gasteiger partial charge < -0.3 is 10.6 Å². The minimum absolute atomic E-state index is 0.126. The van der Waals surface area contributed by atoms with E-state index in [4.69, 9.17) is 0 Å². The summed E-state index contributed by atoms with van der Waals surface area (Å²) in [6, 6.07) is 0. The molecule has 1 fully saturated rings. The lowest BCUT2D eigenvalue weighted by atomic mass is 9.97. The maximum absolute atomic E-state index is 11.8. The molecule has 94 valence electrons. The summed E-state index contributed by atoms with van der Waals surface area (Å²) >= 11 is 0. The molecule has 2 rings (SSSR count). The number of aryl methyl sites for hydroxylation is 1. The molecule has 1 amide bonds. The van der Waals surface area contributed by atoms with Crippen LogP contribution in [-0.4, -0.2) is 40.5 Å². The fourth-order valence-corrected chi connectivity index (χ4v) is 2.10. The Morgan fingerprint density at radius 1 is 1.59 bits per heavy atom. The van der Waals surface area contributed by atoms with Gasteiger partial charge in [0.25, 0.3) is 0 Å². The highest BCUT2D eigenvalue weighted by molar-refractivity contribution is 5.79. The summed E-state index contributed by atoms with van der Waals surface area (Å²) in [5.41, 5.74) is 0. The van der Waals surface area contributed by atoms with Crippen LogP contribution >= 0.6 is 0 Å². The highest BCUT2D eigenvalue weighted by Crippen LogP contribution is 2.15. The van der Waals surface area contributed by atoms with Gasteiger partial charge in [0.05, 0.1) is 12.1 Å². The zero-order valence-electron chi connectivity index (χ0n) is 10.1. The van der Waals surface area contributed by atoms with Gasteiger partial charge in [-0.3, -0.25) is 9.48 Å². The summed E-state index contributed by atoms with van der Waals surface area (Å²) in [5, 5.41) is 13.8. The molecule has 1 aliphatic rings. The van der Waals surface area contributed by atoms with E-state index in [0.717, 1.165) is 26.1 Å². The average Bonchev–Trinajstić information content (AvgIpc) is 2.95. The molecule has 0 aliphatic carbocycles. The number of carbonyl (C=O) groups excluding carboxylic acids is 1. The number of aromatic nitrogens is 3. The van der Waals surface area contributed by atoms with Gasteiger partial charge in [0, 0.05) is 25.8 Å². The van der Waals surface area contributed by atoms with Crippen molar-refractivity contribution in [1.29, 1.82) is 0 Å². The molecule has 6 nitrogen and oxygen atoms in total. The number of nitrogens with zero attached hydrogens (tertiary/aromatic N) is 3. The first-order chi connectivity index (χ1) is 8.27. The van der Waals surface area contributed by atoms with E-state index in [1.807, 2.05) is 6.20 Å². The number of nitrogens with one attached hydrogen (secondary N) is 2. The van der Waals surface area contributed by atoms with Crippen LogP contribution in [0.4, 0.5) is 0 Å². The third-order valence-corrected chi connectivity index (χ3v) is 3.19. The standard InChI is InChI=1S/C11H19N5O/c1-9-7-12-8-10(9)11(17)13-3-2-5-16-6-4-14-15-16/h4,6,9-10,12H,2-3,5,7-8H2,1H3,(H,13,17). The highest BCUT2D eigenvalue weighted by atomic mass is 16.1. The van der Waals surface area contributed by atoms with Crippen molar-refractivity contribution < 1.29 is 4.79 Å². The van der Waals surface area contributed by atoms with E-state index in [-0.39, 0.29) is 11.8 Å². The van der Waals surface area contributed by atoms with Gasteiger partial charge in [0.2, 0.25) is 5.91 Å². The molecule has 1 aliphatic heterocycles. The second-order valence-electron chi connectivity index (χ2n) is 4.55. The Morgan fingerprint density at radius 3 is 3.12 bits per heavy atom. The largest absolute Gasteiger partial charge is 0.356 e. The Bertz CT molecular complexity index is 351. The van der Waals surface area contributed by atoms with Crippen LogP contribution in [0.5, 0.6) is 0 Å². The Balaban J connectivity index is 1.63. The fourth-order valence-electron chi connectivity index (χ4n) is 2.10. The predicted octanol–water partition coefficient (Wildman–Crippen LogP) is -0.360. The van der Waals surface area contributed by atoms with Gasteiger partial charge in [0.1, 0.15) is 0 Å². The molecule has 1 aromatic heterocycles. The van der Waals surface area contributed by atoms with Crippen molar-refractivity contribution in [3.8, 4) is 0 Å². The Kier molecular flexibility index (Phi) is 4.08. The lowest BCUT2D eigenvalue weighted by Crippen LogP contribution is -2.35. The van der Waals surface area contributed by atoms with Crippen molar-refractivity contribution in [3.63, 3.8) is 0 Å². The second-order valence-corrected chi connectivity index (χ2v) is 4.55. The van der Waals surface area contributed by atoms with Crippen LogP contribution < -0.4 is 10.6 Å². The van der Waals surface area contributed by atoms with Gasteiger partial charge in [0.15, 0.2) is 0 Å². The fraction of sp³-hybridized carbons (Fsp3) is 0.727. The molecule has 2 heterocycles. The minimum atomic E-state index is 0.126. The number of rotatable bonds is 5. The topological polar surface area (TPSA) is 71.8 Å². The monoisotopic (exact) mass is 237 g/mol. The van der Waals surface area contributed by atoms with Gasteiger partial charge in [-0.25, -0.2) is 0 Å². The summed E-state index contributed by atoms with van der Waals surface area (Å²) in [6.07, 6.45) is 4.36. The van der Waals surface area contributed by atoms with Crippen molar-refractivity contribution >= 4 is 5.91 Å². The van der Waals surface area contributed by atoms with Crippen LogP contribution in [0.25, 0.3) is 0 Å². The molecular formula is C11H19N5O. The maximum atomic E-state index is 11.8. The molecule has 2 N–H and O–H groups in total. The summed E-state index contributed by atoms with van der Waals surface area (Å²) in [5.74, 6) is 0.729. The SMILES string of the molecule is CC1CNCC1C(=O)NCCCn1ccnn1. The maximum Gasteiger partial charge on any atom is 0.224 e. The molecule has 0 saturated carbocycles. The van der Waals surface area contributed by atoms with Crippen molar-refractivity contribution in [2.45, 2.75) is 19.9 Å². The average molecular weight is 237 g/mol. The van der Waals surface area contributed by atoms with Crippen LogP contribution in [0, 0.1) is 11.8 Å².